The van der Waals surface area contributed by atoms with Crippen LogP contribution in [0.25, 0.3) is 0 Å². The van der Waals surface area contributed by atoms with Crippen molar-refractivity contribution in [2.45, 2.75) is 45.2 Å². The fraction of sp³-hybridized carbons (Fsp3) is 0.625. The highest BCUT2D eigenvalue weighted by atomic mass is 35.5. The smallest absolute Gasteiger partial charge is 0.0606 e. The van der Waals surface area contributed by atoms with E-state index in [0.717, 1.165) is 42.2 Å². The Morgan fingerprint density at radius 2 is 2.15 bits per heavy atom. The van der Waals surface area contributed by atoms with E-state index in [1.54, 1.807) is 0 Å². The monoisotopic (exact) mass is 296 g/mol. The summed E-state index contributed by atoms with van der Waals surface area (Å²) in [5, 5.41) is 13.5. The molecule has 1 aromatic carbocycles. The number of rotatable bonds is 9. The van der Waals surface area contributed by atoms with E-state index in [1.165, 1.54) is 12.8 Å². The van der Waals surface area contributed by atoms with Gasteiger partial charge in [0.25, 0.3) is 0 Å². The Morgan fingerprint density at radius 3 is 2.75 bits per heavy atom. The minimum Gasteiger partial charge on any atom is -0.395 e. The molecule has 0 unspecified atom stereocenters. The van der Waals surface area contributed by atoms with Crippen molar-refractivity contribution in [3.8, 4) is 0 Å². The fourth-order valence-corrected chi connectivity index (χ4v) is 2.50. The minimum absolute atomic E-state index is 0.173. The van der Waals surface area contributed by atoms with Crippen LogP contribution >= 0.6 is 11.6 Å². The Balaban J connectivity index is 2.00. The summed E-state index contributed by atoms with van der Waals surface area (Å²) in [6, 6.07) is 6.93. The quantitative estimate of drug-likeness (QED) is 0.734. The minimum atomic E-state index is 0.173. The number of hydrogen-bond acceptors (Lipinski definition) is 3. The molecule has 3 nitrogen and oxygen atoms in total. The Labute approximate surface area is 126 Å². The molecule has 4 heteroatoms. The van der Waals surface area contributed by atoms with E-state index in [1.807, 2.05) is 6.07 Å². The van der Waals surface area contributed by atoms with E-state index in [9.17, 15) is 5.11 Å². The highest BCUT2D eigenvalue weighted by Crippen LogP contribution is 2.25. The van der Waals surface area contributed by atoms with Crippen LogP contribution in [0.3, 0.4) is 0 Å². The first-order valence-electron chi connectivity index (χ1n) is 7.62. The molecular formula is C16H25ClN2O. The highest BCUT2D eigenvalue weighted by molar-refractivity contribution is 6.31. The van der Waals surface area contributed by atoms with E-state index in [0.29, 0.717) is 12.6 Å². The van der Waals surface area contributed by atoms with Gasteiger partial charge < -0.3 is 15.3 Å². The third-order valence-corrected chi connectivity index (χ3v) is 4.06. The second-order valence-electron chi connectivity index (χ2n) is 5.50. The number of nitrogens with zero attached hydrogens (tertiary/aromatic N) is 1. The van der Waals surface area contributed by atoms with Crippen molar-refractivity contribution < 1.29 is 5.11 Å². The third-order valence-electron chi connectivity index (χ3n) is 3.71. The number of unbranched alkanes of at least 4 members (excludes halogenated alkanes) is 1. The SMILES string of the molecule is CCCCN(CCO)c1ccc(CNC2CC2)c(Cl)c1. The van der Waals surface area contributed by atoms with Crippen LogP contribution in [0.15, 0.2) is 18.2 Å². The maximum absolute atomic E-state index is 9.19. The Morgan fingerprint density at radius 1 is 1.35 bits per heavy atom. The van der Waals surface area contributed by atoms with Crippen LogP contribution in [0.2, 0.25) is 5.02 Å². The first-order valence-corrected chi connectivity index (χ1v) is 8.00. The molecular weight excluding hydrogens is 272 g/mol. The Hall–Kier alpha value is -0.770. The molecule has 0 amide bonds. The maximum Gasteiger partial charge on any atom is 0.0606 e. The lowest BCUT2D eigenvalue weighted by molar-refractivity contribution is 0.301. The lowest BCUT2D eigenvalue weighted by Crippen LogP contribution is -2.27. The summed E-state index contributed by atoms with van der Waals surface area (Å²) in [4.78, 5) is 2.20. The van der Waals surface area contributed by atoms with Gasteiger partial charge in [0.1, 0.15) is 0 Å². The Bertz CT molecular complexity index is 421. The maximum atomic E-state index is 9.19. The topological polar surface area (TPSA) is 35.5 Å². The number of nitrogens with one attached hydrogen (secondary N) is 1. The second kappa shape index (κ2) is 7.87. The van der Waals surface area contributed by atoms with Gasteiger partial charge in [0, 0.05) is 36.4 Å². The summed E-state index contributed by atoms with van der Waals surface area (Å²) in [5.41, 5.74) is 2.26. The van der Waals surface area contributed by atoms with E-state index >= 15 is 0 Å². The number of hydrogen-bond donors (Lipinski definition) is 2. The summed E-state index contributed by atoms with van der Waals surface area (Å²) in [5.74, 6) is 0. The van der Waals surface area contributed by atoms with Crippen LogP contribution < -0.4 is 10.2 Å². The Kier molecular flexibility index (Phi) is 6.14. The summed E-state index contributed by atoms with van der Waals surface area (Å²) in [7, 11) is 0. The predicted molar refractivity (Wildman–Crippen MR) is 85.5 cm³/mol. The summed E-state index contributed by atoms with van der Waals surface area (Å²) in [6.45, 7) is 4.82. The number of aliphatic hydroxyl groups excluding tert-OH is 1. The van der Waals surface area contributed by atoms with Crippen LogP contribution in [-0.4, -0.2) is 30.8 Å². The molecule has 0 atom stereocenters. The van der Waals surface area contributed by atoms with Gasteiger partial charge in [-0.1, -0.05) is 31.0 Å². The molecule has 0 aromatic heterocycles. The molecule has 1 fully saturated rings. The van der Waals surface area contributed by atoms with Crippen LogP contribution in [-0.2, 0) is 6.54 Å². The average molecular weight is 297 g/mol. The molecule has 1 aliphatic rings. The number of anilines is 1. The third kappa shape index (κ3) is 4.65. The van der Waals surface area contributed by atoms with Crippen molar-refractivity contribution in [3.05, 3.63) is 28.8 Å². The number of halogens is 1. The molecule has 0 radical (unpaired) electrons. The van der Waals surface area contributed by atoms with E-state index in [4.69, 9.17) is 11.6 Å². The number of aliphatic hydroxyl groups is 1. The van der Waals surface area contributed by atoms with E-state index in [2.05, 4.69) is 29.3 Å². The van der Waals surface area contributed by atoms with Crippen LogP contribution in [0.1, 0.15) is 38.2 Å². The second-order valence-corrected chi connectivity index (χ2v) is 5.90. The van der Waals surface area contributed by atoms with Crippen molar-refractivity contribution in [1.29, 1.82) is 0 Å². The van der Waals surface area contributed by atoms with E-state index in [-0.39, 0.29) is 6.61 Å². The number of benzene rings is 1. The molecule has 0 bridgehead atoms. The van der Waals surface area contributed by atoms with Gasteiger partial charge in [0.05, 0.1) is 6.61 Å². The summed E-state index contributed by atoms with van der Waals surface area (Å²) >= 11 is 6.38. The van der Waals surface area contributed by atoms with Crippen LogP contribution in [0, 0.1) is 0 Å². The summed E-state index contributed by atoms with van der Waals surface area (Å²) in [6.07, 6.45) is 4.86. The van der Waals surface area contributed by atoms with Gasteiger partial charge in [0.15, 0.2) is 0 Å². The van der Waals surface area contributed by atoms with Crippen molar-refractivity contribution in [3.63, 3.8) is 0 Å². The van der Waals surface area contributed by atoms with Crippen LogP contribution in [0.4, 0.5) is 5.69 Å². The molecule has 2 N–H and O–H groups in total. The first-order chi connectivity index (χ1) is 9.74. The van der Waals surface area contributed by atoms with Gasteiger partial charge in [-0.05, 0) is 37.0 Å². The average Bonchev–Trinajstić information content (AvgIpc) is 3.26. The molecule has 0 spiro atoms. The standard InChI is InChI=1S/C16H25ClN2O/c1-2-3-8-19(9-10-20)15-7-4-13(16(17)11-15)12-18-14-5-6-14/h4,7,11,14,18,20H,2-3,5-6,8-10,12H2,1H3. The van der Waals surface area contributed by atoms with Crippen LogP contribution in [0.5, 0.6) is 0 Å². The van der Waals surface area contributed by atoms with Crippen molar-refractivity contribution in [1.82, 2.24) is 5.32 Å². The zero-order valence-corrected chi connectivity index (χ0v) is 13.0. The van der Waals surface area contributed by atoms with Gasteiger partial charge in [-0.25, -0.2) is 0 Å². The lowest BCUT2D eigenvalue weighted by atomic mass is 10.1. The zero-order chi connectivity index (χ0) is 14.4. The molecule has 0 aliphatic heterocycles. The normalized spacial score (nSPS) is 14.6. The molecule has 1 aliphatic carbocycles. The van der Waals surface area contributed by atoms with Crippen molar-refractivity contribution in [2.75, 3.05) is 24.6 Å². The van der Waals surface area contributed by atoms with Gasteiger partial charge in [-0.3, -0.25) is 0 Å². The first kappa shape index (κ1) is 15.6. The van der Waals surface area contributed by atoms with Crippen molar-refractivity contribution in [2.24, 2.45) is 0 Å². The predicted octanol–water partition coefficient (Wildman–Crippen LogP) is 3.19. The molecule has 20 heavy (non-hydrogen) atoms. The van der Waals surface area contributed by atoms with Gasteiger partial charge in [-0.2, -0.15) is 0 Å². The summed E-state index contributed by atoms with van der Waals surface area (Å²) < 4.78 is 0. The van der Waals surface area contributed by atoms with Gasteiger partial charge in [-0.15, -0.1) is 0 Å². The molecule has 0 heterocycles. The molecule has 0 saturated heterocycles. The van der Waals surface area contributed by atoms with E-state index < -0.39 is 0 Å². The van der Waals surface area contributed by atoms with Crippen molar-refractivity contribution >= 4 is 17.3 Å². The lowest BCUT2D eigenvalue weighted by Gasteiger charge is -2.24. The fourth-order valence-electron chi connectivity index (χ4n) is 2.26. The molecule has 1 aromatic rings. The molecule has 2 rings (SSSR count). The molecule has 112 valence electrons. The molecule has 1 saturated carbocycles. The largest absolute Gasteiger partial charge is 0.395 e. The zero-order valence-electron chi connectivity index (χ0n) is 12.2. The highest BCUT2D eigenvalue weighted by Gasteiger charge is 2.20. The van der Waals surface area contributed by atoms with Gasteiger partial charge >= 0.3 is 0 Å². The van der Waals surface area contributed by atoms with Gasteiger partial charge in [0.2, 0.25) is 0 Å².